The molecule has 4 nitrogen and oxygen atoms in total. The van der Waals surface area contributed by atoms with E-state index in [4.69, 9.17) is 0 Å². The highest BCUT2D eigenvalue weighted by Crippen LogP contribution is 2.24. The van der Waals surface area contributed by atoms with Gasteiger partial charge in [0.1, 0.15) is 0 Å². The van der Waals surface area contributed by atoms with Crippen LogP contribution in [-0.4, -0.2) is 21.8 Å². The zero-order valence-electron chi connectivity index (χ0n) is 9.86. The maximum absolute atomic E-state index is 4.49. The van der Waals surface area contributed by atoms with Crippen LogP contribution in [0.2, 0.25) is 0 Å². The van der Waals surface area contributed by atoms with Crippen LogP contribution in [0.5, 0.6) is 0 Å². The molecule has 0 fully saturated rings. The average molecular weight is 216 g/mol. The van der Waals surface area contributed by atoms with Gasteiger partial charge < -0.3 is 5.32 Å². The summed E-state index contributed by atoms with van der Waals surface area (Å²) >= 11 is 0. The van der Waals surface area contributed by atoms with Gasteiger partial charge in [0.05, 0.1) is 11.4 Å². The third-order valence-corrected chi connectivity index (χ3v) is 2.67. The Hall–Kier alpha value is -1.68. The number of nitrogens with one attached hydrogen (secondary N) is 1. The van der Waals surface area contributed by atoms with Gasteiger partial charge in [-0.25, -0.2) is 0 Å². The minimum Gasteiger partial charge on any atom is -0.314 e. The molecule has 0 aliphatic carbocycles. The van der Waals surface area contributed by atoms with Gasteiger partial charge in [0.2, 0.25) is 0 Å². The van der Waals surface area contributed by atoms with Crippen molar-refractivity contribution in [3.05, 3.63) is 35.8 Å². The second kappa shape index (κ2) is 4.45. The minimum absolute atomic E-state index is 0.758. The molecule has 0 radical (unpaired) electrons. The molecule has 0 aliphatic rings. The maximum atomic E-state index is 4.49. The van der Waals surface area contributed by atoms with Gasteiger partial charge in [-0.1, -0.05) is 6.07 Å². The number of hydrogen-bond acceptors (Lipinski definition) is 3. The standard InChI is InChI=1S/C12H16N4/c1-9-12(10-6-4-5-7-14-10)11(8-13-2)15-16(9)3/h4-7,13H,8H2,1-3H3. The molecule has 4 heteroatoms. The van der Waals surface area contributed by atoms with E-state index in [1.54, 1.807) is 0 Å². The molecule has 84 valence electrons. The molecule has 16 heavy (non-hydrogen) atoms. The van der Waals surface area contributed by atoms with Crippen LogP contribution in [0.1, 0.15) is 11.4 Å². The van der Waals surface area contributed by atoms with E-state index in [0.717, 1.165) is 29.2 Å². The van der Waals surface area contributed by atoms with Crippen LogP contribution in [0.25, 0.3) is 11.3 Å². The second-order valence-corrected chi connectivity index (χ2v) is 3.78. The average Bonchev–Trinajstić information content (AvgIpc) is 2.57. The van der Waals surface area contributed by atoms with Gasteiger partial charge in [0.25, 0.3) is 0 Å². The SMILES string of the molecule is CNCc1nn(C)c(C)c1-c1ccccn1. The fourth-order valence-corrected chi connectivity index (χ4v) is 1.81. The summed E-state index contributed by atoms with van der Waals surface area (Å²) in [5, 5.41) is 7.62. The van der Waals surface area contributed by atoms with E-state index in [-0.39, 0.29) is 0 Å². The lowest BCUT2D eigenvalue weighted by Crippen LogP contribution is -2.07. The molecule has 2 heterocycles. The van der Waals surface area contributed by atoms with Crippen molar-refractivity contribution < 1.29 is 0 Å². The van der Waals surface area contributed by atoms with Crippen LogP contribution in [0.15, 0.2) is 24.4 Å². The molecular weight excluding hydrogens is 200 g/mol. The highest BCUT2D eigenvalue weighted by molar-refractivity contribution is 5.64. The molecule has 0 saturated carbocycles. The molecule has 0 amide bonds. The lowest BCUT2D eigenvalue weighted by atomic mass is 10.1. The lowest BCUT2D eigenvalue weighted by Gasteiger charge is -2.02. The Bertz CT molecular complexity index is 473. The number of pyridine rings is 1. The Kier molecular flexibility index (Phi) is 3.01. The Morgan fingerprint density at radius 3 is 2.81 bits per heavy atom. The monoisotopic (exact) mass is 216 g/mol. The highest BCUT2D eigenvalue weighted by Gasteiger charge is 2.14. The Balaban J connectivity index is 2.54. The Labute approximate surface area is 95.3 Å². The molecule has 2 rings (SSSR count). The molecule has 0 aliphatic heterocycles. The minimum atomic E-state index is 0.758. The van der Waals surface area contributed by atoms with Crippen molar-refractivity contribution in [1.82, 2.24) is 20.1 Å². The van der Waals surface area contributed by atoms with Crippen LogP contribution in [0.3, 0.4) is 0 Å². The molecule has 2 aromatic rings. The van der Waals surface area contributed by atoms with Gasteiger partial charge in [-0.05, 0) is 26.1 Å². The normalized spacial score (nSPS) is 10.7. The van der Waals surface area contributed by atoms with Crippen molar-refractivity contribution in [3.8, 4) is 11.3 Å². The lowest BCUT2D eigenvalue weighted by molar-refractivity contribution is 0.698. The van der Waals surface area contributed by atoms with Gasteiger partial charge in [-0.3, -0.25) is 9.67 Å². The first-order valence-corrected chi connectivity index (χ1v) is 5.32. The van der Waals surface area contributed by atoms with Crippen molar-refractivity contribution in [2.45, 2.75) is 13.5 Å². The predicted molar refractivity (Wildman–Crippen MR) is 63.9 cm³/mol. The quantitative estimate of drug-likeness (QED) is 0.845. The van der Waals surface area contributed by atoms with Crippen molar-refractivity contribution in [2.75, 3.05) is 7.05 Å². The predicted octanol–water partition coefficient (Wildman–Crippen LogP) is 1.51. The van der Waals surface area contributed by atoms with Crippen molar-refractivity contribution in [3.63, 3.8) is 0 Å². The molecule has 0 saturated heterocycles. The fourth-order valence-electron chi connectivity index (χ4n) is 1.81. The van der Waals surface area contributed by atoms with Crippen molar-refractivity contribution in [1.29, 1.82) is 0 Å². The first-order valence-electron chi connectivity index (χ1n) is 5.32. The van der Waals surface area contributed by atoms with E-state index >= 15 is 0 Å². The van der Waals surface area contributed by atoms with E-state index in [0.29, 0.717) is 0 Å². The number of rotatable bonds is 3. The van der Waals surface area contributed by atoms with Gasteiger partial charge in [0.15, 0.2) is 0 Å². The number of aromatic nitrogens is 3. The molecule has 0 spiro atoms. The van der Waals surface area contributed by atoms with E-state index in [1.165, 1.54) is 0 Å². The van der Waals surface area contributed by atoms with E-state index in [9.17, 15) is 0 Å². The maximum Gasteiger partial charge on any atom is 0.0859 e. The third kappa shape index (κ3) is 1.84. The van der Waals surface area contributed by atoms with E-state index < -0.39 is 0 Å². The van der Waals surface area contributed by atoms with Gasteiger partial charge >= 0.3 is 0 Å². The highest BCUT2D eigenvalue weighted by atomic mass is 15.3. The molecule has 0 unspecified atom stereocenters. The molecule has 2 aromatic heterocycles. The summed E-state index contributed by atoms with van der Waals surface area (Å²) < 4.78 is 1.90. The van der Waals surface area contributed by atoms with Crippen molar-refractivity contribution in [2.24, 2.45) is 7.05 Å². The fraction of sp³-hybridized carbons (Fsp3) is 0.333. The summed E-state index contributed by atoms with van der Waals surface area (Å²) in [5.41, 5.74) is 4.31. The molecule has 0 aromatic carbocycles. The zero-order valence-corrected chi connectivity index (χ0v) is 9.86. The van der Waals surface area contributed by atoms with Crippen LogP contribution >= 0.6 is 0 Å². The van der Waals surface area contributed by atoms with Crippen LogP contribution in [0.4, 0.5) is 0 Å². The van der Waals surface area contributed by atoms with Crippen LogP contribution in [-0.2, 0) is 13.6 Å². The summed E-state index contributed by atoms with van der Waals surface area (Å²) in [7, 11) is 3.88. The summed E-state index contributed by atoms with van der Waals surface area (Å²) in [4.78, 5) is 4.38. The smallest absolute Gasteiger partial charge is 0.0859 e. The first-order chi connectivity index (χ1) is 7.74. The number of hydrogen-bond donors (Lipinski definition) is 1. The zero-order chi connectivity index (χ0) is 11.5. The summed E-state index contributed by atoms with van der Waals surface area (Å²) in [6.07, 6.45) is 1.81. The van der Waals surface area contributed by atoms with Crippen LogP contribution in [0, 0.1) is 6.92 Å². The second-order valence-electron chi connectivity index (χ2n) is 3.78. The van der Waals surface area contributed by atoms with E-state index in [2.05, 4.69) is 22.3 Å². The number of nitrogens with zero attached hydrogens (tertiary/aromatic N) is 3. The van der Waals surface area contributed by atoms with Gasteiger partial charge in [0, 0.05) is 31.0 Å². The third-order valence-electron chi connectivity index (χ3n) is 2.67. The summed E-state index contributed by atoms with van der Waals surface area (Å²) in [6, 6.07) is 5.94. The number of aryl methyl sites for hydroxylation is 1. The molecular formula is C12H16N4. The first kappa shape index (κ1) is 10.8. The molecule has 1 N–H and O–H groups in total. The van der Waals surface area contributed by atoms with Crippen LogP contribution < -0.4 is 5.32 Å². The summed E-state index contributed by atoms with van der Waals surface area (Å²) in [6.45, 7) is 2.82. The topological polar surface area (TPSA) is 42.7 Å². The van der Waals surface area contributed by atoms with Gasteiger partial charge in [-0.2, -0.15) is 5.10 Å². The Morgan fingerprint density at radius 1 is 1.38 bits per heavy atom. The summed E-state index contributed by atoms with van der Waals surface area (Å²) in [5.74, 6) is 0. The van der Waals surface area contributed by atoms with E-state index in [1.807, 2.05) is 43.2 Å². The molecule has 0 bridgehead atoms. The van der Waals surface area contributed by atoms with Gasteiger partial charge in [-0.15, -0.1) is 0 Å². The molecule has 0 atom stereocenters. The van der Waals surface area contributed by atoms with Crippen molar-refractivity contribution >= 4 is 0 Å². The Morgan fingerprint density at radius 2 is 2.19 bits per heavy atom. The largest absolute Gasteiger partial charge is 0.314 e.